The molecule has 0 saturated carbocycles. The summed E-state index contributed by atoms with van der Waals surface area (Å²) in [5.74, 6) is -0.266. The fourth-order valence-electron chi connectivity index (χ4n) is 3.54. The largest absolute Gasteiger partial charge is 0.417 e. The molecule has 0 N–H and O–H groups in total. The van der Waals surface area contributed by atoms with Gasteiger partial charge in [0.05, 0.1) is 11.1 Å². The molecule has 1 aliphatic heterocycles. The van der Waals surface area contributed by atoms with E-state index >= 15 is 0 Å². The van der Waals surface area contributed by atoms with E-state index in [0.29, 0.717) is 18.9 Å². The first-order valence-electron chi connectivity index (χ1n) is 10.4. The SMILES string of the molecule is CC(C)CCn1nc(N2CCN(C(=O)c3ccccc3C(F)(F)F)CC2)c(=O)n(C)c1=O. The van der Waals surface area contributed by atoms with Crippen LogP contribution in [0.4, 0.5) is 19.0 Å². The highest BCUT2D eigenvalue weighted by Crippen LogP contribution is 2.32. The number of alkyl halides is 3. The van der Waals surface area contributed by atoms with Gasteiger partial charge in [-0.1, -0.05) is 26.0 Å². The van der Waals surface area contributed by atoms with Crippen molar-refractivity contribution in [2.24, 2.45) is 13.0 Å². The zero-order valence-electron chi connectivity index (χ0n) is 18.2. The molecule has 2 aromatic rings. The van der Waals surface area contributed by atoms with Crippen LogP contribution in [0.1, 0.15) is 36.2 Å². The van der Waals surface area contributed by atoms with E-state index in [1.54, 1.807) is 4.90 Å². The minimum Gasteiger partial charge on any atom is -0.347 e. The summed E-state index contributed by atoms with van der Waals surface area (Å²) >= 11 is 0. The van der Waals surface area contributed by atoms with Gasteiger partial charge in [0.15, 0.2) is 0 Å². The Labute approximate surface area is 182 Å². The van der Waals surface area contributed by atoms with E-state index < -0.39 is 34.5 Å². The van der Waals surface area contributed by atoms with E-state index in [-0.39, 0.29) is 32.0 Å². The molecule has 1 aromatic carbocycles. The third-order valence-electron chi connectivity index (χ3n) is 5.47. The summed E-state index contributed by atoms with van der Waals surface area (Å²) in [6, 6.07) is 4.69. The van der Waals surface area contributed by atoms with Crippen LogP contribution in [0.3, 0.4) is 0 Å². The van der Waals surface area contributed by atoms with Crippen molar-refractivity contribution in [3.8, 4) is 0 Å². The number of piperazine rings is 1. The van der Waals surface area contributed by atoms with Crippen molar-refractivity contribution in [3.05, 3.63) is 56.2 Å². The average Bonchev–Trinajstić information content (AvgIpc) is 2.76. The minimum absolute atomic E-state index is 0.0960. The molecule has 2 heterocycles. The number of carbonyl (C=O) groups excluding carboxylic acids is 1. The van der Waals surface area contributed by atoms with Crippen LogP contribution in [-0.2, 0) is 19.8 Å². The molecule has 3 rings (SSSR count). The average molecular weight is 453 g/mol. The van der Waals surface area contributed by atoms with Crippen LogP contribution in [0.25, 0.3) is 0 Å². The number of hydrogen-bond acceptors (Lipinski definition) is 5. The van der Waals surface area contributed by atoms with E-state index in [1.807, 2.05) is 13.8 Å². The van der Waals surface area contributed by atoms with E-state index in [1.165, 1.54) is 34.8 Å². The first-order valence-corrected chi connectivity index (χ1v) is 10.4. The van der Waals surface area contributed by atoms with E-state index in [4.69, 9.17) is 0 Å². The Kier molecular flexibility index (Phi) is 6.75. The molecular weight excluding hydrogens is 427 g/mol. The Balaban J connectivity index is 1.79. The number of rotatable bonds is 5. The van der Waals surface area contributed by atoms with E-state index in [9.17, 15) is 27.6 Å². The molecular formula is C21H26F3N5O3. The minimum atomic E-state index is -4.63. The second-order valence-electron chi connectivity index (χ2n) is 8.20. The summed E-state index contributed by atoms with van der Waals surface area (Å²) in [7, 11) is 1.38. The maximum atomic E-state index is 13.3. The highest BCUT2D eigenvalue weighted by Gasteiger charge is 2.36. The zero-order chi connectivity index (χ0) is 23.6. The topological polar surface area (TPSA) is 80.4 Å². The summed E-state index contributed by atoms with van der Waals surface area (Å²) in [5, 5.41) is 4.25. The number of aromatic nitrogens is 3. The molecule has 0 aliphatic carbocycles. The lowest BCUT2D eigenvalue weighted by Gasteiger charge is -2.35. The first-order chi connectivity index (χ1) is 15.0. The third-order valence-corrected chi connectivity index (χ3v) is 5.47. The quantitative estimate of drug-likeness (QED) is 0.692. The van der Waals surface area contributed by atoms with Gasteiger partial charge in [0.2, 0.25) is 5.82 Å². The molecule has 1 aliphatic rings. The van der Waals surface area contributed by atoms with Gasteiger partial charge in [0.1, 0.15) is 0 Å². The van der Waals surface area contributed by atoms with Gasteiger partial charge in [0.25, 0.3) is 11.5 Å². The Hall–Kier alpha value is -3.11. The molecule has 0 atom stereocenters. The summed E-state index contributed by atoms with van der Waals surface area (Å²) in [6.07, 6.45) is -3.92. The number of aryl methyl sites for hydroxylation is 1. The number of halogens is 3. The van der Waals surface area contributed by atoms with Gasteiger partial charge in [-0.05, 0) is 24.5 Å². The van der Waals surface area contributed by atoms with Crippen LogP contribution < -0.4 is 16.1 Å². The van der Waals surface area contributed by atoms with Crippen molar-refractivity contribution in [1.82, 2.24) is 19.2 Å². The van der Waals surface area contributed by atoms with Crippen molar-refractivity contribution in [2.75, 3.05) is 31.1 Å². The van der Waals surface area contributed by atoms with E-state index in [0.717, 1.165) is 10.6 Å². The maximum absolute atomic E-state index is 13.3. The Bertz CT molecular complexity index is 1100. The van der Waals surface area contributed by atoms with Crippen LogP contribution in [0, 0.1) is 5.92 Å². The molecule has 32 heavy (non-hydrogen) atoms. The third kappa shape index (κ3) is 4.86. The highest BCUT2D eigenvalue weighted by atomic mass is 19.4. The monoisotopic (exact) mass is 453 g/mol. The molecule has 8 nitrogen and oxygen atoms in total. The van der Waals surface area contributed by atoms with Crippen molar-refractivity contribution < 1.29 is 18.0 Å². The fourth-order valence-corrected chi connectivity index (χ4v) is 3.54. The lowest BCUT2D eigenvalue weighted by molar-refractivity contribution is -0.138. The van der Waals surface area contributed by atoms with Crippen LogP contribution in [0.15, 0.2) is 33.9 Å². The van der Waals surface area contributed by atoms with Crippen LogP contribution in [0.2, 0.25) is 0 Å². The van der Waals surface area contributed by atoms with Gasteiger partial charge in [-0.15, -0.1) is 5.10 Å². The predicted molar refractivity (Wildman–Crippen MR) is 113 cm³/mol. The molecule has 1 amide bonds. The van der Waals surface area contributed by atoms with Crippen LogP contribution in [0.5, 0.6) is 0 Å². The van der Waals surface area contributed by atoms with Gasteiger partial charge >= 0.3 is 11.9 Å². The highest BCUT2D eigenvalue weighted by molar-refractivity contribution is 5.96. The molecule has 11 heteroatoms. The van der Waals surface area contributed by atoms with Gasteiger partial charge in [-0.25, -0.2) is 9.48 Å². The predicted octanol–water partition coefficient (Wildman–Crippen LogP) is 1.97. The first kappa shape index (κ1) is 23.6. The number of anilines is 1. The van der Waals surface area contributed by atoms with Gasteiger partial charge in [-0.2, -0.15) is 13.2 Å². The lowest BCUT2D eigenvalue weighted by atomic mass is 10.1. The van der Waals surface area contributed by atoms with Crippen molar-refractivity contribution >= 4 is 11.7 Å². The summed E-state index contributed by atoms with van der Waals surface area (Å²) in [5.41, 5.74) is -2.42. The maximum Gasteiger partial charge on any atom is 0.417 e. The number of carbonyl (C=O) groups is 1. The van der Waals surface area contributed by atoms with Crippen molar-refractivity contribution in [1.29, 1.82) is 0 Å². The lowest BCUT2D eigenvalue weighted by Crippen LogP contribution is -2.52. The fraction of sp³-hybridized carbons (Fsp3) is 0.524. The summed E-state index contributed by atoms with van der Waals surface area (Å²) in [4.78, 5) is 40.7. The zero-order valence-corrected chi connectivity index (χ0v) is 18.2. The summed E-state index contributed by atoms with van der Waals surface area (Å²) in [6.45, 7) is 5.07. The molecule has 1 fully saturated rings. The Morgan fingerprint density at radius 2 is 1.72 bits per heavy atom. The normalized spacial score (nSPS) is 14.8. The van der Waals surface area contributed by atoms with Gasteiger partial charge in [0, 0.05) is 39.8 Å². The van der Waals surface area contributed by atoms with Crippen molar-refractivity contribution in [3.63, 3.8) is 0 Å². The van der Waals surface area contributed by atoms with Crippen molar-refractivity contribution in [2.45, 2.75) is 33.0 Å². The van der Waals surface area contributed by atoms with E-state index in [2.05, 4.69) is 5.10 Å². The molecule has 0 bridgehead atoms. The summed E-state index contributed by atoms with van der Waals surface area (Å²) < 4.78 is 42.1. The van der Waals surface area contributed by atoms with Gasteiger partial charge < -0.3 is 9.80 Å². The van der Waals surface area contributed by atoms with Crippen LogP contribution >= 0.6 is 0 Å². The van der Waals surface area contributed by atoms with Gasteiger partial charge in [-0.3, -0.25) is 14.2 Å². The second kappa shape index (κ2) is 9.17. The molecule has 0 unspecified atom stereocenters. The Morgan fingerprint density at radius 1 is 1.09 bits per heavy atom. The molecule has 1 aromatic heterocycles. The Morgan fingerprint density at radius 3 is 2.31 bits per heavy atom. The smallest absolute Gasteiger partial charge is 0.347 e. The molecule has 0 spiro atoms. The molecule has 1 saturated heterocycles. The number of nitrogens with zero attached hydrogens (tertiary/aromatic N) is 5. The molecule has 0 radical (unpaired) electrons. The standard InChI is InChI=1S/C21H26F3N5O3/c1-14(2)8-9-29-20(32)26(3)19(31)17(25-29)27-10-12-28(13-11-27)18(30)15-6-4-5-7-16(15)21(22,23)24/h4-7,14H,8-13H2,1-3H3. The second-order valence-corrected chi connectivity index (χ2v) is 8.20. The number of amides is 1. The molecule has 174 valence electrons. The van der Waals surface area contributed by atoms with Crippen LogP contribution in [-0.4, -0.2) is 51.3 Å². The number of hydrogen-bond donors (Lipinski definition) is 0. The number of benzene rings is 1.